The lowest BCUT2D eigenvalue weighted by molar-refractivity contribution is -0.133. The predicted octanol–water partition coefficient (Wildman–Crippen LogP) is 3.25. The number of aryl methyl sites for hydroxylation is 1. The number of rotatable bonds is 7. The summed E-state index contributed by atoms with van der Waals surface area (Å²) in [6, 6.07) is 0.404. The number of hydrogen-bond acceptors (Lipinski definition) is 5. The van der Waals surface area contributed by atoms with Gasteiger partial charge in [-0.15, -0.1) is 10.2 Å². The first-order valence-corrected chi connectivity index (χ1v) is 9.75. The number of thioether (sulfide) groups is 2. The fourth-order valence-electron chi connectivity index (χ4n) is 2.91. The Morgan fingerprint density at radius 1 is 1.38 bits per heavy atom. The number of nitrogens with zero attached hydrogens (tertiary/aromatic N) is 3. The molecule has 1 heterocycles. The van der Waals surface area contributed by atoms with Crippen LogP contribution in [-0.2, 0) is 11.2 Å². The van der Waals surface area contributed by atoms with E-state index in [9.17, 15) is 4.79 Å². The van der Waals surface area contributed by atoms with Crippen molar-refractivity contribution >= 4 is 29.5 Å². The number of carboxylic acid groups (broad SMARTS) is 1. The second-order valence-corrected chi connectivity index (χ2v) is 7.35. The van der Waals surface area contributed by atoms with Crippen molar-refractivity contribution in [2.45, 2.75) is 61.9 Å². The van der Waals surface area contributed by atoms with Gasteiger partial charge in [0.1, 0.15) is 5.82 Å². The topological polar surface area (TPSA) is 68.0 Å². The summed E-state index contributed by atoms with van der Waals surface area (Å²) >= 11 is 3.20. The molecule has 1 aromatic rings. The highest BCUT2D eigenvalue weighted by atomic mass is 32.2. The first-order valence-electron chi connectivity index (χ1n) is 7.48. The zero-order chi connectivity index (χ0) is 15.2. The van der Waals surface area contributed by atoms with Crippen LogP contribution in [0, 0.1) is 0 Å². The quantitative estimate of drug-likeness (QED) is 0.775. The Kier molecular flexibility index (Phi) is 6.41. The van der Waals surface area contributed by atoms with Crippen LogP contribution in [0.15, 0.2) is 5.16 Å². The molecule has 7 heteroatoms. The minimum absolute atomic E-state index is 0.0426. The van der Waals surface area contributed by atoms with Crippen LogP contribution >= 0.6 is 23.5 Å². The smallest absolute Gasteiger partial charge is 0.313 e. The van der Waals surface area contributed by atoms with Gasteiger partial charge in [-0.3, -0.25) is 4.79 Å². The summed E-state index contributed by atoms with van der Waals surface area (Å²) in [5, 5.41) is 18.8. The van der Waals surface area contributed by atoms with E-state index in [2.05, 4.69) is 27.9 Å². The van der Waals surface area contributed by atoms with Gasteiger partial charge < -0.3 is 9.67 Å². The first kappa shape index (κ1) is 16.7. The maximum Gasteiger partial charge on any atom is 0.313 e. The van der Waals surface area contributed by atoms with Crippen LogP contribution in [0.1, 0.15) is 50.9 Å². The van der Waals surface area contributed by atoms with E-state index in [4.69, 9.17) is 5.11 Å². The van der Waals surface area contributed by atoms with Crippen molar-refractivity contribution in [1.82, 2.24) is 14.8 Å². The molecule has 1 fully saturated rings. The van der Waals surface area contributed by atoms with E-state index < -0.39 is 5.97 Å². The molecule has 0 spiro atoms. The van der Waals surface area contributed by atoms with E-state index in [1.807, 2.05) is 11.8 Å². The summed E-state index contributed by atoms with van der Waals surface area (Å²) < 4.78 is 2.23. The fraction of sp³-hybridized carbons (Fsp3) is 0.786. The molecule has 0 radical (unpaired) electrons. The van der Waals surface area contributed by atoms with E-state index in [1.165, 1.54) is 31.0 Å². The highest BCUT2D eigenvalue weighted by Gasteiger charge is 2.30. The number of aliphatic carboxylic acids is 1. The molecule has 2 rings (SSSR count). The average Bonchev–Trinajstić information content (AvgIpc) is 2.88. The Balaban J connectivity index is 2.27. The fourth-order valence-corrected chi connectivity index (χ4v) is 4.61. The first-order chi connectivity index (χ1) is 10.2. The molecule has 0 bridgehead atoms. The third-order valence-electron chi connectivity index (χ3n) is 3.84. The Morgan fingerprint density at radius 2 is 2.14 bits per heavy atom. The highest BCUT2D eigenvalue weighted by molar-refractivity contribution is 7.99. The van der Waals surface area contributed by atoms with Crippen molar-refractivity contribution in [2.75, 3.05) is 12.0 Å². The van der Waals surface area contributed by atoms with Crippen LogP contribution < -0.4 is 0 Å². The highest BCUT2D eigenvalue weighted by Crippen LogP contribution is 2.38. The second kappa shape index (κ2) is 8.08. The molecule has 2 unspecified atom stereocenters. The lowest BCUT2D eigenvalue weighted by atomic mass is 9.94. The van der Waals surface area contributed by atoms with Gasteiger partial charge in [-0.25, -0.2) is 0 Å². The van der Waals surface area contributed by atoms with Crippen molar-refractivity contribution in [2.24, 2.45) is 0 Å². The Labute approximate surface area is 134 Å². The zero-order valence-corrected chi connectivity index (χ0v) is 14.3. The van der Waals surface area contributed by atoms with Crippen molar-refractivity contribution in [3.63, 3.8) is 0 Å². The van der Waals surface area contributed by atoms with Gasteiger partial charge in [-0.1, -0.05) is 31.5 Å². The van der Waals surface area contributed by atoms with Gasteiger partial charge in [0.15, 0.2) is 5.16 Å². The minimum Gasteiger partial charge on any atom is -0.481 e. The van der Waals surface area contributed by atoms with Crippen molar-refractivity contribution in [1.29, 1.82) is 0 Å². The molecule has 1 aliphatic rings. The number of aromatic nitrogens is 3. The third-order valence-corrected chi connectivity index (χ3v) is 5.92. The number of carboxylic acids is 1. The summed E-state index contributed by atoms with van der Waals surface area (Å²) in [5.74, 6) is 0.244. The van der Waals surface area contributed by atoms with E-state index in [0.717, 1.165) is 30.2 Å². The second-order valence-electron chi connectivity index (χ2n) is 5.33. The molecule has 1 aliphatic carbocycles. The number of carbonyl (C=O) groups is 1. The van der Waals surface area contributed by atoms with Gasteiger partial charge >= 0.3 is 5.97 Å². The van der Waals surface area contributed by atoms with E-state index in [-0.39, 0.29) is 5.75 Å². The van der Waals surface area contributed by atoms with E-state index >= 15 is 0 Å². The summed E-state index contributed by atoms with van der Waals surface area (Å²) in [6.45, 7) is 2.13. The van der Waals surface area contributed by atoms with Crippen LogP contribution in [0.5, 0.6) is 0 Å². The van der Waals surface area contributed by atoms with Crippen molar-refractivity contribution in [3.8, 4) is 0 Å². The molecule has 0 aromatic carbocycles. The monoisotopic (exact) mass is 329 g/mol. The average molecular weight is 329 g/mol. The molecule has 118 valence electrons. The van der Waals surface area contributed by atoms with Crippen LogP contribution in [0.3, 0.4) is 0 Å². The summed E-state index contributed by atoms with van der Waals surface area (Å²) in [4.78, 5) is 10.8. The minimum atomic E-state index is -0.809. The molecular weight excluding hydrogens is 306 g/mol. The molecular formula is C14H23N3O2S2. The Bertz CT molecular complexity index is 479. The molecule has 1 aromatic heterocycles. The lowest BCUT2D eigenvalue weighted by Crippen LogP contribution is -2.27. The molecule has 1 N–H and O–H groups in total. The van der Waals surface area contributed by atoms with Crippen LogP contribution in [0.25, 0.3) is 0 Å². The van der Waals surface area contributed by atoms with Gasteiger partial charge in [-0.2, -0.15) is 11.8 Å². The Hall–Kier alpha value is -0.690. The largest absolute Gasteiger partial charge is 0.481 e. The molecule has 0 amide bonds. The van der Waals surface area contributed by atoms with Crippen LogP contribution in [0.2, 0.25) is 0 Å². The number of hydrogen-bond donors (Lipinski definition) is 1. The molecule has 5 nitrogen and oxygen atoms in total. The lowest BCUT2D eigenvalue weighted by Gasteiger charge is -2.32. The van der Waals surface area contributed by atoms with Gasteiger partial charge in [0.05, 0.1) is 5.75 Å². The summed E-state index contributed by atoms with van der Waals surface area (Å²) in [5.41, 5.74) is 0. The molecule has 1 saturated carbocycles. The van der Waals surface area contributed by atoms with Gasteiger partial charge in [0, 0.05) is 17.7 Å². The van der Waals surface area contributed by atoms with Crippen LogP contribution in [0.4, 0.5) is 0 Å². The van der Waals surface area contributed by atoms with E-state index in [0.29, 0.717) is 11.3 Å². The van der Waals surface area contributed by atoms with Crippen molar-refractivity contribution < 1.29 is 9.90 Å². The molecule has 2 atom stereocenters. The maximum absolute atomic E-state index is 10.8. The molecule has 21 heavy (non-hydrogen) atoms. The van der Waals surface area contributed by atoms with Gasteiger partial charge in [0.2, 0.25) is 0 Å². The Morgan fingerprint density at radius 3 is 2.81 bits per heavy atom. The maximum atomic E-state index is 10.8. The van der Waals surface area contributed by atoms with Gasteiger partial charge in [0.25, 0.3) is 0 Å². The predicted molar refractivity (Wildman–Crippen MR) is 87.2 cm³/mol. The van der Waals surface area contributed by atoms with E-state index in [1.54, 1.807) is 0 Å². The molecule has 0 saturated heterocycles. The SMILES string of the molecule is CCCc1nnc(SCC(=O)O)n1C1CCCCC1SC. The zero-order valence-electron chi connectivity index (χ0n) is 12.6. The summed E-state index contributed by atoms with van der Waals surface area (Å²) in [7, 11) is 0. The van der Waals surface area contributed by atoms with Crippen molar-refractivity contribution in [3.05, 3.63) is 5.82 Å². The third kappa shape index (κ3) is 4.16. The van der Waals surface area contributed by atoms with Gasteiger partial charge in [-0.05, 0) is 25.5 Å². The summed E-state index contributed by atoms with van der Waals surface area (Å²) in [6.07, 6.45) is 8.96. The standard InChI is InChI=1S/C14H23N3O2S2/c1-3-6-12-15-16-14(21-9-13(18)19)17(12)10-7-4-5-8-11(10)20-2/h10-11H,3-9H2,1-2H3,(H,18,19). The van der Waals surface area contributed by atoms with Crippen LogP contribution in [-0.4, -0.2) is 43.1 Å². The normalized spacial score (nSPS) is 22.4. The molecule has 0 aliphatic heterocycles.